The Labute approximate surface area is 173 Å². The molecule has 2 rings (SSSR count). The Morgan fingerprint density at radius 1 is 1.10 bits per heavy atom. The summed E-state index contributed by atoms with van der Waals surface area (Å²) in [5.74, 6) is -0.175. The van der Waals surface area contributed by atoms with Gasteiger partial charge in [0.15, 0.2) is 5.78 Å². The molecule has 0 N–H and O–H groups in total. The van der Waals surface area contributed by atoms with Gasteiger partial charge in [0.1, 0.15) is 11.3 Å². The third kappa shape index (κ3) is 5.80. The third-order valence-electron chi connectivity index (χ3n) is 4.65. The van der Waals surface area contributed by atoms with Crippen LogP contribution in [-0.2, 0) is 14.3 Å². The summed E-state index contributed by atoms with van der Waals surface area (Å²) < 4.78 is 11.0. The number of carbonyl (C=O) groups is 2. The molecule has 1 aromatic carbocycles. The molecule has 154 valence electrons. The van der Waals surface area contributed by atoms with E-state index in [1.807, 2.05) is 37.3 Å². The molecule has 0 unspecified atom stereocenters. The maximum Gasteiger partial charge on any atom is 0.342 e. The van der Waals surface area contributed by atoms with Crippen LogP contribution in [0.3, 0.4) is 0 Å². The molecule has 4 nitrogen and oxygen atoms in total. The van der Waals surface area contributed by atoms with Gasteiger partial charge in [-0.3, -0.25) is 4.79 Å². The molecule has 0 aromatic heterocycles. The van der Waals surface area contributed by atoms with Gasteiger partial charge in [0, 0.05) is 5.56 Å². The average molecular weight is 395 g/mol. The first-order valence-electron chi connectivity index (χ1n) is 10.0. The summed E-state index contributed by atoms with van der Waals surface area (Å²) in [6.07, 6.45) is 6.76. The topological polar surface area (TPSA) is 52.6 Å². The zero-order valence-electron chi connectivity index (χ0n) is 17.8. The van der Waals surface area contributed by atoms with Crippen LogP contribution >= 0.6 is 0 Å². The van der Waals surface area contributed by atoms with E-state index in [-0.39, 0.29) is 17.8 Å². The van der Waals surface area contributed by atoms with Crippen LogP contribution in [0.5, 0.6) is 0 Å². The smallest absolute Gasteiger partial charge is 0.342 e. The zero-order valence-corrected chi connectivity index (χ0v) is 17.8. The molecule has 0 saturated heterocycles. The van der Waals surface area contributed by atoms with Crippen LogP contribution in [0.4, 0.5) is 0 Å². The summed E-state index contributed by atoms with van der Waals surface area (Å²) in [6, 6.07) is 9.02. The van der Waals surface area contributed by atoms with Crippen molar-refractivity contribution in [2.24, 2.45) is 5.41 Å². The SMILES string of the molecule is C=CCC(C)(C)CC1=CC(OCC)=C(C(=O)OCC)/C1=C\C(=O)c1ccccc1. The lowest BCUT2D eigenvalue weighted by Crippen LogP contribution is -2.15. The number of hydrogen-bond acceptors (Lipinski definition) is 4. The summed E-state index contributed by atoms with van der Waals surface area (Å²) in [6.45, 7) is 12.4. The molecule has 0 fully saturated rings. The maximum atomic E-state index is 12.9. The fraction of sp³-hybridized carbons (Fsp3) is 0.360. The van der Waals surface area contributed by atoms with Crippen LogP contribution in [0.15, 0.2) is 77.6 Å². The summed E-state index contributed by atoms with van der Waals surface area (Å²) >= 11 is 0. The molecule has 0 aliphatic heterocycles. The Balaban J connectivity index is 2.53. The number of hydrogen-bond donors (Lipinski definition) is 0. The van der Waals surface area contributed by atoms with Gasteiger partial charge in [-0.05, 0) is 55.4 Å². The van der Waals surface area contributed by atoms with Crippen molar-refractivity contribution in [1.82, 2.24) is 0 Å². The fourth-order valence-electron chi connectivity index (χ4n) is 3.39. The highest BCUT2D eigenvalue weighted by Crippen LogP contribution is 2.41. The van der Waals surface area contributed by atoms with Crippen molar-refractivity contribution in [3.05, 3.63) is 83.2 Å². The Morgan fingerprint density at radius 3 is 2.38 bits per heavy atom. The van der Waals surface area contributed by atoms with Crippen LogP contribution in [0, 0.1) is 5.41 Å². The van der Waals surface area contributed by atoms with E-state index < -0.39 is 5.97 Å². The second-order valence-electron chi connectivity index (χ2n) is 7.68. The van der Waals surface area contributed by atoms with Crippen molar-refractivity contribution in [2.45, 2.75) is 40.5 Å². The van der Waals surface area contributed by atoms with Crippen LogP contribution in [0.25, 0.3) is 0 Å². The lowest BCUT2D eigenvalue weighted by molar-refractivity contribution is -0.138. The molecule has 0 radical (unpaired) electrons. The number of rotatable bonds is 10. The summed E-state index contributed by atoms with van der Waals surface area (Å²) in [5, 5.41) is 0. The quantitative estimate of drug-likeness (QED) is 0.225. The fourth-order valence-corrected chi connectivity index (χ4v) is 3.39. The van der Waals surface area contributed by atoms with E-state index in [1.165, 1.54) is 6.08 Å². The highest BCUT2D eigenvalue weighted by molar-refractivity contribution is 6.08. The molecule has 29 heavy (non-hydrogen) atoms. The average Bonchev–Trinajstić information content (AvgIpc) is 2.99. The molecular weight excluding hydrogens is 364 g/mol. The standard InChI is InChI=1S/C25H30O4/c1-6-14-25(4,5)17-19-15-22(28-7-2)23(24(27)29-8-3)20(19)16-21(26)18-12-10-9-11-13-18/h6,9-13,15-16H,1,7-8,14,17H2,2-5H3/b20-16-. The molecule has 1 aromatic rings. The van der Waals surface area contributed by atoms with E-state index in [1.54, 1.807) is 19.1 Å². The minimum Gasteiger partial charge on any atom is -0.493 e. The van der Waals surface area contributed by atoms with Crippen LogP contribution in [-0.4, -0.2) is 25.0 Å². The van der Waals surface area contributed by atoms with Crippen molar-refractivity contribution < 1.29 is 19.1 Å². The van der Waals surface area contributed by atoms with E-state index in [4.69, 9.17) is 9.47 Å². The molecule has 4 heteroatoms. The van der Waals surface area contributed by atoms with Crippen molar-refractivity contribution >= 4 is 11.8 Å². The van der Waals surface area contributed by atoms with Crippen molar-refractivity contribution in [2.75, 3.05) is 13.2 Å². The van der Waals surface area contributed by atoms with Gasteiger partial charge in [-0.1, -0.05) is 50.3 Å². The Bertz CT molecular complexity index is 854. The minimum absolute atomic E-state index is 0.0795. The number of benzene rings is 1. The Hall–Kier alpha value is -2.88. The predicted octanol–water partition coefficient (Wildman–Crippen LogP) is 5.58. The highest BCUT2D eigenvalue weighted by atomic mass is 16.5. The second kappa shape index (κ2) is 10.1. The lowest BCUT2D eigenvalue weighted by Gasteiger charge is -2.24. The van der Waals surface area contributed by atoms with Crippen LogP contribution in [0.1, 0.15) is 50.9 Å². The van der Waals surface area contributed by atoms with Crippen molar-refractivity contribution in [3.8, 4) is 0 Å². The van der Waals surface area contributed by atoms with Gasteiger partial charge in [0.05, 0.1) is 13.2 Å². The number of ether oxygens (including phenoxy) is 2. The Morgan fingerprint density at radius 2 is 1.79 bits per heavy atom. The maximum absolute atomic E-state index is 12.9. The minimum atomic E-state index is -0.476. The molecule has 0 amide bonds. The van der Waals surface area contributed by atoms with E-state index >= 15 is 0 Å². The summed E-state index contributed by atoms with van der Waals surface area (Å²) in [4.78, 5) is 25.6. The molecule has 1 aliphatic rings. The van der Waals surface area contributed by atoms with E-state index in [0.29, 0.717) is 35.5 Å². The first kappa shape index (κ1) is 22.4. The summed E-state index contributed by atoms with van der Waals surface area (Å²) in [7, 11) is 0. The molecular formula is C25H30O4. The van der Waals surface area contributed by atoms with Gasteiger partial charge < -0.3 is 9.47 Å². The highest BCUT2D eigenvalue weighted by Gasteiger charge is 2.33. The molecule has 0 spiro atoms. The molecule has 0 atom stereocenters. The molecule has 0 bridgehead atoms. The van der Waals surface area contributed by atoms with Crippen LogP contribution < -0.4 is 0 Å². The first-order chi connectivity index (χ1) is 13.8. The largest absolute Gasteiger partial charge is 0.493 e. The third-order valence-corrected chi connectivity index (χ3v) is 4.65. The molecule has 1 aliphatic carbocycles. The van der Waals surface area contributed by atoms with E-state index in [2.05, 4.69) is 20.4 Å². The number of esters is 1. The first-order valence-corrected chi connectivity index (χ1v) is 10.0. The summed E-state index contributed by atoms with van der Waals surface area (Å²) in [5.41, 5.74) is 2.29. The molecule has 0 saturated carbocycles. The number of ketones is 1. The number of allylic oxidation sites excluding steroid dienone is 4. The van der Waals surface area contributed by atoms with E-state index in [9.17, 15) is 9.59 Å². The van der Waals surface area contributed by atoms with Gasteiger partial charge in [0.2, 0.25) is 0 Å². The van der Waals surface area contributed by atoms with Gasteiger partial charge >= 0.3 is 5.97 Å². The van der Waals surface area contributed by atoms with Crippen molar-refractivity contribution in [3.63, 3.8) is 0 Å². The monoisotopic (exact) mass is 394 g/mol. The van der Waals surface area contributed by atoms with E-state index in [0.717, 1.165) is 12.0 Å². The van der Waals surface area contributed by atoms with Crippen molar-refractivity contribution in [1.29, 1.82) is 0 Å². The predicted molar refractivity (Wildman–Crippen MR) is 115 cm³/mol. The normalized spacial score (nSPS) is 15.3. The van der Waals surface area contributed by atoms with Gasteiger partial charge in [-0.15, -0.1) is 6.58 Å². The number of carbonyl (C=O) groups excluding carboxylic acids is 2. The lowest BCUT2D eigenvalue weighted by atomic mass is 9.80. The second-order valence-corrected chi connectivity index (χ2v) is 7.68. The van der Waals surface area contributed by atoms with Gasteiger partial charge in [-0.25, -0.2) is 4.79 Å². The zero-order chi connectivity index (χ0) is 21.4. The Kier molecular flexibility index (Phi) is 7.77. The van der Waals surface area contributed by atoms with Gasteiger partial charge in [0.25, 0.3) is 0 Å². The van der Waals surface area contributed by atoms with Gasteiger partial charge in [-0.2, -0.15) is 0 Å². The van der Waals surface area contributed by atoms with Crippen LogP contribution in [0.2, 0.25) is 0 Å². The molecule has 0 heterocycles.